The zero-order valence-corrected chi connectivity index (χ0v) is 22.7. The van der Waals surface area contributed by atoms with Gasteiger partial charge in [-0.15, -0.1) is 0 Å². The second kappa shape index (κ2) is 10.8. The Morgan fingerprint density at radius 3 is 2.38 bits per heavy atom. The van der Waals surface area contributed by atoms with E-state index in [0.717, 1.165) is 51.7 Å². The third-order valence-electron chi connectivity index (χ3n) is 9.66. The van der Waals surface area contributed by atoms with Gasteiger partial charge in [0.05, 0.1) is 24.5 Å². The number of halogens is 3. The molecule has 0 spiro atoms. The number of rotatable bonds is 5. The molecule has 5 aliphatic rings. The summed E-state index contributed by atoms with van der Waals surface area (Å²) in [6, 6.07) is -1.21. The van der Waals surface area contributed by atoms with Gasteiger partial charge in [-0.05, 0) is 78.0 Å². The van der Waals surface area contributed by atoms with E-state index in [4.69, 9.17) is 5.41 Å². The highest BCUT2D eigenvalue weighted by Crippen LogP contribution is 2.37. The van der Waals surface area contributed by atoms with Crippen molar-refractivity contribution in [2.24, 2.45) is 17.8 Å². The summed E-state index contributed by atoms with van der Waals surface area (Å²) in [5, 5.41) is 23.0. The Morgan fingerprint density at radius 1 is 1.00 bits per heavy atom. The summed E-state index contributed by atoms with van der Waals surface area (Å²) < 4.78 is 39.7. The van der Waals surface area contributed by atoms with Gasteiger partial charge in [-0.2, -0.15) is 13.2 Å². The van der Waals surface area contributed by atoms with Crippen LogP contribution in [0.25, 0.3) is 0 Å². The van der Waals surface area contributed by atoms with Gasteiger partial charge < -0.3 is 15.1 Å². The first-order valence-corrected chi connectivity index (χ1v) is 14.0. The van der Waals surface area contributed by atoms with E-state index in [1.165, 1.54) is 6.42 Å². The summed E-state index contributed by atoms with van der Waals surface area (Å²) in [4.78, 5) is 8.46. The normalized spacial score (nSPS) is 42.1. The van der Waals surface area contributed by atoms with Crippen LogP contribution < -0.4 is 21.3 Å². The number of hydrogen-bond acceptors (Lipinski definition) is 7. The maximum absolute atomic E-state index is 13.2. The lowest BCUT2D eigenvalue weighted by atomic mass is 9.80. The molecule has 0 aromatic rings. The highest BCUT2D eigenvalue weighted by molar-refractivity contribution is 5.80. The van der Waals surface area contributed by atoms with Crippen LogP contribution in [0.5, 0.6) is 0 Å². The molecule has 7 unspecified atom stereocenters. The molecule has 0 amide bonds. The smallest absolute Gasteiger partial charge is 0.338 e. The van der Waals surface area contributed by atoms with Crippen LogP contribution in [0.1, 0.15) is 38.5 Å². The van der Waals surface area contributed by atoms with E-state index in [1.54, 1.807) is 7.05 Å². The largest absolute Gasteiger partial charge is 0.405 e. The molecule has 37 heavy (non-hydrogen) atoms. The monoisotopic (exact) mass is 529 g/mol. The van der Waals surface area contributed by atoms with Gasteiger partial charge in [0, 0.05) is 32.6 Å². The van der Waals surface area contributed by atoms with Gasteiger partial charge in [0.2, 0.25) is 0 Å². The summed E-state index contributed by atoms with van der Waals surface area (Å²) in [6.07, 6.45) is 2.38. The van der Waals surface area contributed by atoms with Crippen molar-refractivity contribution in [1.29, 1.82) is 5.41 Å². The first kappa shape index (κ1) is 27.4. The molecule has 5 N–H and O–H groups in total. The fourth-order valence-corrected chi connectivity index (χ4v) is 7.58. The molecule has 12 heteroatoms. The number of guanidine groups is 1. The maximum atomic E-state index is 13.2. The predicted octanol–water partition coefficient (Wildman–Crippen LogP) is 0.868. The molecule has 0 aromatic heterocycles. The molecule has 1 aliphatic carbocycles. The Kier molecular flexibility index (Phi) is 7.97. The van der Waals surface area contributed by atoms with Gasteiger partial charge in [-0.3, -0.25) is 31.2 Å². The molecule has 5 rings (SSSR count). The molecule has 0 bridgehead atoms. The lowest BCUT2D eigenvalue weighted by Crippen LogP contribution is -2.70. The van der Waals surface area contributed by atoms with Gasteiger partial charge in [0.15, 0.2) is 5.96 Å². The zero-order chi connectivity index (χ0) is 26.5. The Balaban J connectivity index is 1.19. The van der Waals surface area contributed by atoms with Crippen molar-refractivity contribution >= 4 is 5.96 Å². The van der Waals surface area contributed by atoms with Crippen LogP contribution in [0.2, 0.25) is 0 Å². The number of likely N-dealkylation sites (N-methyl/N-ethyl adjacent to an activating group) is 2. The Bertz CT molecular complexity index is 803. The number of hydrogen-bond donors (Lipinski definition) is 5. The molecule has 0 radical (unpaired) electrons. The first-order chi connectivity index (χ1) is 17.5. The van der Waals surface area contributed by atoms with E-state index >= 15 is 0 Å². The van der Waals surface area contributed by atoms with E-state index in [1.807, 2.05) is 11.9 Å². The molecule has 4 heterocycles. The second-order valence-electron chi connectivity index (χ2n) is 12.2. The van der Waals surface area contributed by atoms with Crippen molar-refractivity contribution in [3.05, 3.63) is 0 Å². The number of fused-ring (bicyclic) bond motifs is 1. The van der Waals surface area contributed by atoms with Crippen LogP contribution >= 0.6 is 0 Å². The van der Waals surface area contributed by atoms with Gasteiger partial charge >= 0.3 is 6.18 Å². The minimum absolute atomic E-state index is 0.0283. The third kappa shape index (κ3) is 5.47. The summed E-state index contributed by atoms with van der Waals surface area (Å²) in [7, 11) is 8.08. The zero-order valence-electron chi connectivity index (χ0n) is 22.7. The molecule has 212 valence electrons. The first-order valence-electron chi connectivity index (χ1n) is 14.0. The summed E-state index contributed by atoms with van der Waals surface area (Å²) in [5.74, 6) is 1.71. The molecular weight excluding hydrogens is 483 g/mol. The fourth-order valence-electron chi connectivity index (χ4n) is 7.58. The van der Waals surface area contributed by atoms with Crippen LogP contribution in [0, 0.1) is 23.2 Å². The van der Waals surface area contributed by atoms with Gasteiger partial charge in [-0.25, -0.2) is 0 Å². The van der Waals surface area contributed by atoms with Crippen molar-refractivity contribution < 1.29 is 13.2 Å². The molecule has 5 fully saturated rings. The highest BCUT2D eigenvalue weighted by atomic mass is 19.4. The highest BCUT2D eigenvalue weighted by Gasteiger charge is 2.50. The fraction of sp³-hybridized carbons (Fsp3) is 0.960. The van der Waals surface area contributed by atoms with Gasteiger partial charge in [0.1, 0.15) is 12.2 Å². The van der Waals surface area contributed by atoms with Gasteiger partial charge in [-0.1, -0.05) is 0 Å². The molecule has 0 aromatic carbocycles. The van der Waals surface area contributed by atoms with E-state index in [2.05, 4.69) is 50.1 Å². The van der Waals surface area contributed by atoms with E-state index in [0.29, 0.717) is 24.0 Å². The Labute approximate surface area is 219 Å². The minimum Gasteiger partial charge on any atom is -0.338 e. The summed E-state index contributed by atoms with van der Waals surface area (Å²) >= 11 is 0. The topological polar surface area (TPSA) is 84.9 Å². The van der Waals surface area contributed by atoms with Crippen molar-refractivity contribution in [3.63, 3.8) is 0 Å². The van der Waals surface area contributed by atoms with E-state index < -0.39 is 12.2 Å². The van der Waals surface area contributed by atoms with Crippen molar-refractivity contribution in [2.75, 3.05) is 54.4 Å². The molecular formula is C25H46F3N9. The minimum atomic E-state index is -4.20. The summed E-state index contributed by atoms with van der Waals surface area (Å²) in [6.45, 7) is 2.75. The lowest BCUT2D eigenvalue weighted by Gasteiger charge is -2.47. The van der Waals surface area contributed by atoms with Crippen molar-refractivity contribution in [1.82, 2.24) is 40.9 Å². The van der Waals surface area contributed by atoms with Crippen molar-refractivity contribution in [2.45, 2.75) is 81.4 Å². The molecule has 4 saturated heterocycles. The Hall–Kier alpha value is -1.18. The van der Waals surface area contributed by atoms with Crippen LogP contribution in [-0.4, -0.2) is 123 Å². The van der Waals surface area contributed by atoms with Crippen LogP contribution in [0.15, 0.2) is 0 Å². The average molecular weight is 530 g/mol. The van der Waals surface area contributed by atoms with Gasteiger partial charge in [0.25, 0.3) is 0 Å². The number of nitrogens with zero attached hydrogens (tertiary/aromatic N) is 4. The maximum Gasteiger partial charge on any atom is 0.405 e. The predicted molar refractivity (Wildman–Crippen MR) is 138 cm³/mol. The second-order valence-corrected chi connectivity index (χ2v) is 12.2. The standard InChI is InChI=1S/C25H46F3N9/c1-34(2)22-17(6-5-11-30-22)20-31-12-18-23(33-20)37(24(29)36(18)4)13-15-7-9-16(10-8-15)21-32-19(14-35(21)3)25(26,27)28/h15-23,29-33H,5-14H2,1-4H3. The number of piperidine rings is 1. The third-order valence-corrected chi connectivity index (χ3v) is 9.66. The van der Waals surface area contributed by atoms with E-state index in [-0.39, 0.29) is 37.0 Å². The van der Waals surface area contributed by atoms with E-state index in [9.17, 15) is 13.2 Å². The number of nitrogens with one attached hydrogen (secondary N) is 5. The van der Waals surface area contributed by atoms with Crippen LogP contribution in [-0.2, 0) is 0 Å². The summed E-state index contributed by atoms with van der Waals surface area (Å²) in [5.41, 5.74) is 0. The van der Waals surface area contributed by atoms with Crippen molar-refractivity contribution in [3.8, 4) is 0 Å². The molecule has 9 nitrogen and oxygen atoms in total. The molecule has 4 aliphatic heterocycles. The quantitative estimate of drug-likeness (QED) is 0.359. The molecule has 7 atom stereocenters. The Morgan fingerprint density at radius 2 is 1.73 bits per heavy atom. The lowest BCUT2D eigenvalue weighted by molar-refractivity contribution is -0.150. The number of alkyl halides is 3. The average Bonchev–Trinajstić information content (AvgIpc) is 3.38. The SMILES string of the molecule is CN(C)C1NCCCC1C1NCC2C(N1)N(CC1CCC(C3NC(C(F)(F)F)CN3C)CC1)C(=N)N2C. The van der Waals surface area contributed by atoms with Crippen LogP contribution in [0.3, 0.4) is 0 Å². The van der Waals surface area contributed by atoms with Crippen LogP contribution in [0.4, 0.5) is 13.2 Å². The molecule has 1 saturated carbocycles.